The predicted octanol–water partition coefficient (Wildman–Crippen LogP) is -0.0909. The van der Waals surface area contributed by atoms with Crippen LogP contribution in [0.25, 0.3) is 11.2 Å². The van der Waals surface area contributed by atoms with Crippen molar-refractivity contribution < 1.29 is 14.3 Å². The van der Waals surface area contributed by atoms with E-state index in [0.29, 0.717) is 11.2 Å². The third kappa shape index (κ3) is 2.95. The van der Waals surface area contributed by atoms with Crippen LogP contribution < -0.4 is 11.1 Å². The van der Waals surface area contributed by atoms with Gasteiger partial charge in [-0.3, -0.25) is 4.79 Å². The molecule has 24 heavy (non-hydrogen) atoms. The molecule has 0 radical (unpaired) electrons. The molecule has 0 fully saturated rings. The van der Waals surface area contributed by atoms with Gasteiger partial charge in [-0.05, 0) is 6.92 Å². The summed E-state index contributed by atoms with van der Waals surface area (Å²) < 4.78 is 5.04. The first-order valence-electron chi connectivity index (χ1n) is 6.78. The number of carbonyl (C=O) groups is 2. The summed E-state index contributed by atoms with van der Waals surface area (Å²) in [5.41, 5.74) is 6.25. The number of H-pyrrole nitrogens is 1. The van der Waals surface area contributed by atoms with Crippen LogP contribution in [0.3, 0.4) is 0 Å². The van der Waals surface area contributed by atoms with Gasteiger partial charge in [-0.25, -0.2) is 29.7 Å². The maximum Gasteiger partial charge on any atom is 0.361 e. The molecule has 4 N–H and O–H groups in total. The van der Waals surface area contributed by atoms with Crippen LogP contribution in [-0.4, -0.2) is 47.9 Å². The molecule has 0 aliphatic heterocycles. The molecule has 0 unspecified atom stereocenters. The predicted molar refractivity (Wildman–Crippen MR) is 81.6 cm³/mol. The van der Waals surface area contributed by atoms with E-state index in [4.69, 9.17) is 10.5 Å². The number of nitrogens with one attached hydrogen (secondary N) is 2. The van der Waals surface area contributed by atoms with Gasteiger partial charge in [0.2, 0.25) is 0 Å². The molecule has 3 aromatic rings. The number of nitrogens with two attached hydrogens (primary N) is 1. The zero-order valence-electron chi connectivity index (χ0n) is 12.4. The first-order valence-corrected chi connectivity index (χ1v) is 6.78. The third-order valence-electron chi connectivity index (χ3n) is 3.04. The van der Waals surface area contributed by atoms with Gasteiger partial charge in [0.15, 0.2) is 29.1 Å². The van der Waals surface area contributed by atoms with Crippen molar-refractivity contribution in [1.82, 2.24) is 29.9 Å². The number of amides is 1. The van der Waals surface area contributed by atoms with E-state index in [1.54, 1.807) is 0 Å². The van der Waals surface area contributed by atoms with Crippen molar-refractivity contribution in [3.63, 3.8) is 0 Å². The maximum absolute atomic E-state index is 12.2. The lowest BCUT2D eigenvalue weighted by atomic mass is 10.3. The summed E-state index contributed by atoms with van der Waals surface area (Å²) in [6, 6.07) is 0. The molecule has 3 aromatic heterocycles. The van der Waals surface area contributed by atoms with Gasteiger partial charge in [-0.1, -0.05) is 0 Å². The quantitative estimate of drug-likeness (QED) is 0.555. The topological polar surface area (TPSA) is 162 Å². The number of nitrogens with zero attached hydrogens (tertiary/aromatic N) is 5. The highest BCUT2D eigenvalue weighted by Gasteiger charge is 2.22. The van der Waals surface area contributed by atoms with E-state index in [-0.39, 0.29) is 17.3 Å². The first-order chi connectivity index (χ1) is 11.6. The Morgan fingerprint density at radius 2 is 2.00 bits per heavy atom. The lowest BCUT2D eigenvalue weighted by Crippen LogP contribution is -2.31. The lowest BCUT2D eigenvalue weighted by molar-refractivity contribution is -0.123. The molecule has 3 rings (SSSR count). The summed E-state index contributed by atoms with van der Waals surface area (Å²) >= 11 is 0. The Kier molecular flexibility index (Phi) is 3.97. The molecule has 0 spiro atoms. The van der Waals surface area contributed by atoms with Crippen molar-refractivity contribution in [1.29, 1.82) is 0 Å². The Morgan fingerprint density at radius 3 is 2.79 bits per heavy atom. The van der Waals surface area contributed by atoms with Crippen LogP contribution in [0, 0.1) is 0 Å². The van der Waals surface area contributed by atoms with Gasteiger partial charge in [0.25, 0.3) is 5.91 Å². The summed E-state index contributed by atoms with van der Waals surface area (Å²) in [6.07, 6.45) is 4.22. The Hall–Kier alpha value is -3.63. The Balaban J connectivity index is 1.70. The highest BCUT2D eigenvalue weighted by molar-refractivity contribution is 6.00. The molecular formula is C13H12N8O3. The van der Waals surface area contributed by atoms with E-state index >= 15 is 0 Å². The van der Waals surface area contributed by atoms with Crippen molar-refractivity contribution in [3.8, 4) is 0 Å². The number of anilines is 2. The normalized spacial score (nSPS) is 11.9. The number of fused-ring (bicyclic) bond motifs is 1. The van der Waals surface area contributed by atoms with E-state index in [1.807, 2.05) is 0 Å². The summed E-state index contributed by atoms with van der Waals surface area (Å²) in [6.45, 7) is 1.41. The number of aromatic amines is 1. The summed E-state index contributed by atoms with van der Waals surface area (Å²) in [4.78, 5) is 46.3. The second kappa shape index (κ2) is 6.24. The number of rotatable bonds is 4. The van der Waals surface area contributed by atoms with Crippen molar-refractivity contribution >= 4 is 34.7 Å². The van der Waals surface area contributed by atoms with E-state index < -0.39 is 18.0 Å². The second-order valence-corrected chi connectivity index (χ2v) is 4.65. The molecule has 1 amide bonds. The Morgan fingerprint density at radius 1 is 1.21 bits per heavy atom. The SMILES string of the molecule is C[C@H](OC(=O)c1nccnc1N)C(=O)Nc1ncnc2nc[nH]c12. The largest absolute Gasteiger partial charge is 0.448 e. The van der Waals surface area contributed by atoms with Gasteiger partial charge in [-0.2, -0.15) is 0 Å². The fourth-order valence-corrected chi connectivity index (χ4v) is 1.85. The van der Waals surface area contributed by atoms with Gasteiger partial charge in [0.05, 0.1) is 6.33 Å². The molecule has 0 aliphatic rings. The van der Waals surface area contributed by atoms with Crippen molar-refractivity contribution in [3.05, 3.63) is 30.7 Å². The van der Waals surface area contributed by atoms with Crippen molar-refractivity contribution in [2.75, 3.05) is 11.1 Å². The average Bonchev–Trinajstić information content (AvgIpc) is 3.04. The van der Waals surface area contributed by atoms with E-state index in [0.717, 1.165) is 0 Å². The highest BCUT2D eigenvalue weighted by atomic mass is 16.5. The molecule has 0 saturated carbocycles. The molecule has 11 heteroatoms. The fourth-order valence-electron chi connectivity index (χ4n) is 1.85. The van der Waals surface area contributed by atoms with Crippen molar-refractivity contribution in [2.45, 2.75) is 13.0 Å². The van der Waals surface area contributed by atoms with Crippen molar-refractivity contribution in [2.24, 2.45) is 0 Å². The fraction of sp³-hybridized carbons (Fsp3) is 0.154. The van der Waals surface area contributed by atoms with Gasteiger partial charge in [0.1, 0.15) is 11.8 Å². The second-order valence-electron chi connectivity index (χ2n) is 4.65. The van der Waals surface area contributed by atoms with Gasteiger partial charge in [0, 0.05) is 12.4 Å². The molecule has 0 aliphatic carbocycles. The zero-order valence-corrected chi connectivity index (χ0v) is 12.4. The number of esters is 1. The average molecular weight is 328 g/mol. The monoisotopic (exact) mass is 328 g/mol. The Labute approximate surface area is 134 Å². The zero-order chi connectivity index (χ0) is 17.1. The molecule has 0 bridgehead atoms. The number of aromatic nitrogens is 6. The molecule has 0 aromatic carbocycles. The standard InChI is InChI=1S/C13H12N8O3/c1-6(24-13(23)7-9(14)16-3-2-15-7)12(22)21-11-8-10(18-4-17-8)19-5-20-11/h2-6H,1H3,(H2,14,16)(H2,17,18,19,20,21,22)/t6-/m0/s1. The Bertz CT molecular complexity index is 909. The van der Waals surface area contributed by atoms with Gasteiger partial charge >= 0.3 is 5.97 Å². The number of imidazole rings is 1. The number of nitrogen functional groups attached to an aromatic ring is 1. The van der Waals surface area contributed by atoms with Crippen LogP contribution in [0.1, 0.15) is 17.4 Å². The minimum Gasteiger partial charge on any atom is -0.448 e. The summed E-state index contributed by atoms with van der Waals surface area (Å²) in [5.74, 6) is -1.28. The first kappa shape index (κ1) is 15.3. The molecule has 122 valence electrons. The van der Waals surface area contributed by atoms with Gasteiger partial charge < -0.3 is 20.8 Å². The van der Waals surface area contributed by atoms with E-state index in [9.17, 15) is 9.59 Å². The van der Waals surface area contributed by atoms with E-state index in [2.05, 4.69) is 35.2 Å². The number of hydrogen-bond donors (Lipinski definition) is 3. The van der Waals surface area contributed by atoms with Crippen LogP contribution in [0.5, 0.6) is 0 Å². The smallest absolute Gasteiger partial charge is 0.361 e. The summed E-state index contributed by atoms with van der Waals surface area (Å²) in [5, 5.41) is 2.54. The number of carbonyl (C=O) groups excluding carboxylic acids is 2. The van der Waals surface area contributed by atoms with Crippen LogP contribution in [0.4, 0.5) is 11.6 Å². The highest BCUT2D eigenvalue weighted by Crippen LogP contribution is 2.15. The van der Waals surface area contributed by atoms with Crippen LogP contribution in [-0.2, 0) is 9.53 Å². The summed E-state index contributed by atoms with van der Waals surface area (Å²) in [7, 11) is 0. The van der Waals surface area contributed by atoms with Crippen LogP contribution >= 0.6 is 0 Å². The van der Waals surface area contributed by atoms with Gasteiger partial charge in [-0.15, -0.1) is 0 Å². The number of ether oxygens (including phenoxy) is 1. The van der Waals surface area contributed by atoms with Crippen LogP contribution in [0.15, 0.2) is 25.0 Å². The third-order valence-corrected chi connectivity index (χ3v) is 3.04. The number of hydrogen-bond acceptors (Lipinski definition) is 9. The molecule has 1 atom stereocenters. The minimum absolute atomic E-state index is 0.0786. The molecule has 11 nitrogen and oxygen atoms in total. The maximum atomic E-state index is 12.2. The molecule has 3 heterocycles. The lowest BCUT2D eigenvalue weighted by Gasteiger charge is -2.13. The molecular weight excluding hydrogens is 316 g/mol. The van der Waals surface area contributed by atoms with Crippen LogP contribution in [0.2, 0.25) is 0 Å². The van der Waals surface area contributed by atoms with E-state index in [1.165, 1.54) is 32.0 Å². The minimum atomic E-state index is -1.10. The molecule has 0 saturated heterocycles.